The molecule has 110 valence electrons. The lowest BCUT2D eigenvalue weighted by Crippen LogP contribution is -2.28. The Balaban J connectivity index is 2.04. The molecule has 2 rings (SSSR count). The predicted molar refractivity (Wildman–Crippen MR) is 83.3 cm³/mol. The average Bonchev–Trinajstić information content (AvgIpc) is 3.26. The Hall–Kier alpha value is -1.26. The van der Waals surface area contributed by atoms with Gasteiger partial charge in [0, 0.05) is 39.6 Å². The first-order valence-electron chi connectivity index (χ1n) is 7.04. The lowest BCUT2D eigenvalue weighted by Gasteiger charge is -2.23. The zero-order valence-electron chi connectivity index (χ0n) is 12.1. The third-order valence-corrected chi connectivity index (χ3v) is 3.87. The van der Waals surface area contributed by atoms with E-state index in [0.29, 0.717) is 19.0 Å². The van der Waals surface area contributed by atoms with Gasteiger partial charge >= 0.3 is 0 Å². The monoisotopic (exact) mass is 295 g/mol. The second kappa shape index (κ2) is 6.95. The molecule has 1 aromatic rings. The fourth-order valence-electron chi connectivity index (χ4n) is 2.18. The molecule has 0 aromatic heterocycles. The van der Waals surface area contributed by atoms with Crippen LogP contribution >= 0.6 is 11.6 Å². The van der Waals surface area contributed by atoms with Crippen molar-refractivity contribution in [2.45, 2.75) is 31.8 Å². The van der Waals surface area contributed by atoms with Gasteiger partial charge in [-0.3, -0.25) is 4.79 Å². The number of carbonyl (C=O) groups excluding carboxylic acids is 1. The van der Waals surface area contributed by atoms with Crippen LogP contribution in [-0.2, 0) is 11.3 Å². The number of benzene rings is 1. The van der Waals surface area contributed by atoms with Crippen LogP contribution in [0.15, 0.2) is 18.2 Å². The lowest BCUT2D eigenvalue weighted by atomic mass is 10.1. The molecule has 0 heterocycles. The van der Waals surface area contributed by atoms with Gasteiger partial charge < -0.3 is 15.5 Å². The van der Waals surface area contributed by atoms with Crippen molar-refractivity contribution in [3.63, 3.8) is 0 Å². The molecule has 20 heavy (non-hydrogen) atoms. The van der Waals surface area contributed by atoms with Crippen molar-refractivity contribution in [2.24, 2.45) is 0 Å². The average molecular weight is 296 g/mol. The maximum absolute atomic E-state index is 11.4. The lowest BCUT2D eigenvalue weighted by molar-refractivity contribution is -0.120. The van der Waals surface area contributed by atoms with Crippen LogP contribution in [-0.4, -0.2) is 32.6 Å². The molecule has 0 bridgehead atoms. The summed E-state index contributed by atoms with van der Waals surface area (Å²) < 4.78 is 0. The summed E-state index contributed by atoms with van der Waals surface area (Å²) in [5.41, 5.74) is 2.20. The van der Waals surface area contributed by atoms with Gasteiger partial charge in [-0.1, -0.05) is 23.7 Å². The van der Waals surface area contributed by atoms with E-state index in [1.54, 1.807) is 7.05 Å². The Kier molecular flexibility index (Phi) is 5.26. The molecule has 1 saturated carbocycles. The van der Waals surface area contributed by atoms with Gasteiger partial charge in [0.15, 0.2) is 0 Å². The van der Waals surface area contributed by atoms with Gasteiger partial charge in [-0.2, -0.15) is 0 Å². The van der Waals surface area contributed by atoms with Crippen molar-refractivity contribution in [3.8, 4) is 0 Å². The molecular formula is C15H22ClN3O. The number of hydrogen-bond donors (Lipinski definition) is 2. The highest BCUT2D eigenvalue weighted by atomic mass is 35.5. The number of halogens is 1. The van der Waals surface area contributed by atoms with Crippen LogP contribution in [0.4, 0.5) is 5.69 Å². The molecule has 0 saturated heterocycles. The molecule has 1 aliphatic rings. The molecule has 5 heteroatoms. The summed E-state index contributed by atoms with van der Waals surface area (Å²) in [7, 11) is 3.63. The highest BCUT2D eigenvalue weighted by molar-refractivity contribution is 6.33. The van der Waals surface area contributed by atoms with Crippen molar-refractivity contribution < 1.29 is 4.79 Å². The van der Waals surface area contributed by atoms with E-state index in [2.05, 4.69) is 21.6 Å². The quantitative estimate of drug-likeness (QED) is 0.810. The van der Waals surface area contributed by atoms with Crippen molar-refractivity contribution in [1.82, 2.24) is 10.6 Å². The molecule has 1 aliphatic carbocycles. The Morgan fingerprint density at radius 1 is 1.45 bits per heavy atom. The van der Waals surface area contributed by atoms with Crippen LogP contribution in [0, 0.1) is 0 Å². The van der Waals surface area contributed by atoms with Crippen LogP contribution in [0.5, 0.6) is 0 Å². The zero-order valence-corrected chi connectivity index (χ0v) is 12.8. The van der Waals surface area contributed by atoms with Crippen LogP contribution < -0.4 is 15.5 Å². The number of carbonyl (C=O) groups is 1. The maximum Gasteiger partial charge on any atom is 0.221 e. The molecule has 1 amide bonds. The van der Waals surface area contributed by atoms with E-state index in [1.165, 1.54) is 18.4 Å². The maximum atomic E-state index is 11.4. The Morgan fingerprint density at radius 2 is 2.20 bits per heavy atom. The highest BCUT2D eigenvalue weighted by Gasteiger charge is 2.21. The fraction of sp³-hybridized carbons (Fsp3) is 0.533. The Bertz CT molecular complexity index is 474. The van der Waals surface area contributed by atoms with E-state index >= 15 is 0 Å². The van der Waals surface area contributed by atoms with Crippen molar-refractivity contribution in [1.29, 1.82) is 0 Å². The number of nitrogens with one attached hydrogen (secondary N) is 2. The summed E-state index contributed by atoms with van der Waals surface area (Å²) in [5, 5.41) is 6.88. The summed E-state index contributed by atoms with van der Waals surface area (Å²) in [6.07, 6.45) is 3.00. The molecule has 1 fully saturated rings. The molecular weight excluding hydrogens is 274 g/mol. The van der Waals surface area contributed by atoms with Crippen molar-refractivity contribution in [3.05, 3.63) is 28.8 Å². The van der Waals surface area contributed by atoms with Crippen LogP contribution in [0.1, 0.15) is 24.8 Å². The predicted octanol–water partition coefficient (Wildman–Crippen LogP) is 2.16. The largest absolute Gasteiger partial charge is 0.373 e. The molecule has 0 spiro atoms. The van der Waals surface area contributed by atoms with Gasteiger partial charge in [-0.05, 0) is 24.5 Å². The molecule has 0 atom stereocenters. The molecule has 2 N–H and O–H groups in total. The minimum absolute atomic E-state index is 0.0431. The number of hydrogen-bond acceptors (Lipinski definition) is 3. The first kappa shape index (κ1) is 15.1. The van der Waals surface area contributed by atoms with Gasteiger partial charge in [0.25, 0.3) is 0 Å². The first-order chi connectivity index (χ1) is 9.61. The van der Waals surface area contributed by atoms with Crippen LogP contribution in [0.25, 0.3) is 0 Å². The fourth-order valence-corrected chi connectivity index (χ4v) is 2.52. The van der Waals surface area contributed by atoms with Crippen molar-refractivity contribution in [2.75, 3.05) is 25.5 Å². The SMILES string of the molecule is CNC(=O)CCN(C)c1c(Cl)cccc1CNC1CC1. The van der Waals surface area contributed by atoms with Crippen LogP contribution in [0.2, 0.25) is 5.02 Å². The molecule has 0 aliphatic heterocycles. The number of nitrogens with zero attached hydrogens (tertiary/aromatic N) is 1. The third kappa shape index (κ3) is 4.12. The first-order valence-corrected chi connectivity index (χ1v) is 7.42. The standard InChI is InChI=1S/C15H22ClN3O/c1-17-14(20)8-9-19(2)15-11(4-3-5-13(15)16)10-18-12-6-7-12/h3-5,12,18H,6-10H2,1-2H3,(H,17,20). The normalized spacial score (nSPS) is 14.2. The minimum atomic E-state index is 0.0431. The number of para-hydroxylation sites is 1. The van der Waals surface area contributed by atoms with Gasteiger partial charge in [-0.15, -0.1) is 0 Å². The number of anilines is 1. The van der Waals surface area contributed by atoms with Crippen molar-refractivity contribution >= 4 is 23.2 Å². The second-order valence-corrected chi connectivity index (χ2v) is 5.65. The zero-order chi connectivity index (χ0) is 14.5. The van der Waals surface area contributed by atoms with Gasteiger partial charge in [-0.25, -0.2) is 0 Å². The smallest absolute Gasteiger partial charge is 0.221 e. The highest BCUT2D eigenvalue weighted by Crippen LogP contribution is 2.30. The topological polar surface area (TPSA) is 44.4 Å². The van der Waals surface area contributed by atoms with E-state index < -0.39 is 0 Å². The summed E-state index contributed by atoms with van der Waals surface area (Å²) in [4.78, 5) is 13.4. The Labute approximate surface area is 125 Å². The molecule has 1 aromatic carbocycles. The second-order valence-electron chi connectivity index (χ2n) is 5.25. The summed E-state index contributed by atoms with van der Waals surface area (Å²) in [6.45, 7) is 1.48. The molecule has 4 nitrogen and oxygen atoms in total. The molecule has 0 radical (unpaired) electrons. The van der Waals surface area contributed by atoms with Gasteiger partial charge in [0.2, 0.25) is 5.91 Å². The Morgan fingerprint density at radius 3 is 2.85 bits per heavy atom. The number of amides is 1. The van der Waals surface area contributed by atoms with Gasteiger partial charge in [0.05, 0.1) is 10.7 Å². The minimum Gasteiger partial charge on any atom is -0.373 e. The summed E-state index contributed by atoms with van der Waals surface area (Å²) >= 11 is 6.33. The van der Waals surface area contributed by atoms with E-state index in [1.807, 2.05) is 19.2 Å². The summed E-state index contributed by atoms with van der Waals surface area (Å²) in [6, 6.07) is 6.63. The van der Waals surface area contributed by atoms with E-state index in [9.17, 15) is 4.79 Å². The van der Waals surface area contributed by atoms with Crippen LogP contribution in [0.3, 0.4) is 0 Å². The number of rotatable bonds is 7. The van der Waals surface area contributed by atoms with E-state index in [-0.39, 0.29) is 5.91 Å². The van der Waals surface area contributed by atoms with Gasteiger partial charge in [0.1, 0.15) is 0 Å². The third-order valence-electron chi connectivity index (χ3n) is 3.56. The summed E-state index contributed by atoms with van der Waals surface area (Å²) in [5.74, 6) is 0.0431. The molecule has 0 unspecified atom stereocenters. The van der Waals surface area contributed by atoms with E-state index in [4.69, 9.17) is 11.6 Å². The van der Waals surface area contributed by atoms with E-state index in [0.717, 1.165) is 17.3 Å².